The van der Waals surface area contributed by atoms with Gasteiger partial charge in [-0.15, -0.1) is 11.3 Å². The van der Waals surface area contributed by atoms with Crippen molar-refractivity contribution in [3.8, 4) is 5.75 Å². The molecular weight excluding hydrogens is 296 g/mol. The smallest absolute Gasteiger partial charge is 0.158 e. The van der Waals surface area contributed by atoms with Gasteiger partial charge in [-0.2, -0.15) is 5.10 Å². The van der Waals surface area contributed by atoms with Crippen LogP contribution in [-0.4, -0.2) is 23.3 Å². The molecule has 0 aliphatic heterocycles. The third-order valence-corrected chi connectivity index (χ3v) is 4.59. The van der Waals surface area contributed by atoms with Crippen molar-refractivity contribution in [3.63, 3.8) is 0 Å². The van der Waals surface area contributed by atoms with Crippen molar-refractivity contribution in [2.24, 2.45) is 5.10 Å². The number of aryl methyl sites for hydroxylation is 2. The molecule has 2 aromatic heterocycles. The Hall–Kier alpha value is -2.47. The van der Waals surface area contributed by atoms with Crippen LogP contribution in [0.4, 0.5) is 5.82 Å². The Morgan fingerprint density at radius 1 is 1.23 bits per heavy atom. The molecule has 1 aromatic carbocycles. The fraction of sp³-hybridized carbons (Fsp3) is 0.188. The first-order valence-electron chi connectivity index (χ1n) is 6.83. The summed E-state index contributed by atoms with van der Waals surface area (Å²) < 4.78 is 5.30. The van der Waals surface area contributed by atoms with Gasteiger partial charge < -0.3 is 4.74 Å². The number of aromatic nitrogens is 2. The maximum absolute atomic E-state index is 5.30. The molecule has 0 amide bonds. The largest absolute Gasteiger partial charge is 0.496 e. The number of nitrogens with one attached hydrogen (secondary N) is 1. The van der Waals surface area contributed by atoms with Crippen molar-refractivity contribution < 1.29 is 4.74 Å². The van der Waals surface area contributed by atoms with Gasteiger partial charge in [-0.1, -0.05) is 12.1 Å². The first-order chi connectivity index (χ1) is 10.7. The lowest BCUT2D eigenvalue weighted by Crippen LogP contribution is -1.96. The highest BCUT2D eigenvalue weighted by Gasteiger charge is 2.11. The van der Waals surface area contributed by atoms with E-state index in [1.807, 2.05) is 24.3 Å². The van der Waals surface area contributed by atoms with Crippen LogP contribution in [-0.2, 0) is 0 Å². The average Bonchev–Trinajstić information content (AvgIpc) is 2.83. The summed E-state index contributed by atoms with van der Waals surface area (Å²) in [5, 5.41) is 5.31. The van der Waals surface area contributed by atoms with Crippen molar-refractivity contribution in [2.45, 2.75) is 13.8 Å². The summed E-state index contributed by atoms with van der Waals surface area (Å²) in [5.74, 6) is 1.50. The number of hydrogen-bond acceptors (Lipinski definition) is 6. The number of nitrogens with zero attached hydrogens (tertiary/aromatic N) is 3. The van der Waals surface area contributed by atoms with Crippen molar-refractivity contribution in [1.82, 2.24) is 9.97 Å². The number of hydrogen-bond donors (Lipinski definition) is 1. The number of rotatable bonds is 4. The number of para-hydroxylation sites is 1. The van der Waals surface area contributed by atoms with Crippen molar-refractivity contribution in [1.29, 1.82) is 0 Å². The lowest BCUT2D eigenvalue weighted by molar-refractivity contribution is 0.414. The minimum Gasteiger partial charge on any atom is -0.496 e. The summed E-state index contributed by atoms with van der Waals surface area (Å²) in [7, 11) is 1.64. The molecule has 112 valence electrons. The van der Waals surface area contributed by atoms with E-state index >= 15 is 0 Å². The van der Waals surface area contributed by atoms with Gasteiger partial charge in [0.25, 0.3) is 0 Å². The van der Waals surface area contributed by atoms with Crippen LogP contribution in [0.2, 0.25) is 0 Å². The van der Waals surface area contributed by atoms with Gasteiger partial charge in [-0.05, 0) is 31.5 Å². The van der Waals surface area contributed by atoms with Crippen LogP contribution in [0, 0.1) is 13.8 Å². The Labute approximate surface area is 132 Å². The summed E-state index contributed by atoms with van der Waals surface area (Å²) in [4.78, 5) is 10.8. The Balaban J connectivity index is 1.89. The van der Waals surface area contributed by atoms with Crippen molar-refractivity contribution in [3.05, 3.63) is 46.6 Å². The van der Waals surface area contributed by atoms with Crippen LogP contribution >= 0.6 is 11.3 Å². The number of methoxy groups -OCH3 is 1. The second-order valence-electron chi connectivity index (χ2n) is 4.80. The van der Waals surface area contributed by atoms with Crippen molar-refractivity contribution >= 4 is 33.6 Å². The van der Waals surface area contributed by atoms with E-state index in [0.29, 0.717) is 0 Å². The number of anilines is 1. The van der Waals surface area contributed by atoms with Crippen LogP contribution < -0.4 is 10.2 Å². The summed E-state index contributed by atoms with van der Waals surface area (Å²) >= 11 is 1.67. The molecule has 0 spiro atoms. The molecule has 2 heterocycles. The van der Waals surface area contributed by atoms with E-state index in [4.69, 9.17) is 4.74 Å². The highest BCUT2D eigenvalue weighted by molar-refractivity contribution is 7.18. The quantitative estimate of drug-likeness (QED) is 0.588. The van der Waals surface area contributed by atoms with E-state index in [2.05, 4.69) is 34.3 Å². The van der Waals surface area contributed by atoms with Gasteiger partial charge in [0.2, 0.25) is 0 Å². The molecule has 0 fully saturated rings. The number of hydrazone groups is 1. The number of thiophene rings is 1. The predicted molar refractivity (Wildman–Crippen MR) is 91.1 cm³/mol. The minimum atomic E-state index is 0.720. The van der Waals surface area contributed by atoms with Gasteiger partial charge in [-0.25, -0.2) is 9.97 Å². The monoisotopic (exact) mass is 312 g/mol. The molecule has 22 heavy (non-hydrogen) atoms. The summed E-state index contributed by atoms with van der Waals surface area (Å²) in [5.41, 5.74) is 5.11. The van der Waals surface area contributed by atoms with Crippen LogP contribution in [0.5, 0.6) is 5.75 Å². The fourth-order valence-electron chi connectivity index (χ4n) is 2.20. The Morgan fingerprint density at radius 3 is 2.86 bits per heavy atom. The zero-order valence-corrected chi connectivity index (χ0v) is 13.4. The average molecular weight is 312 g/mol. The molecule has 6 heteroatoms. The molecule has 0 atom stereocenters. The minimum absolute atomic E-state index is 0.720. The summed E-state index contributed by atoms with van der Waals surface area (Å²) in [6.45, 7) is 4.16. The zero-order valence-electron chi connectivity index (χ0n) is 12.6. The van der Waals surface area contributed by atoms with Gasteiger partial charge in [-0.3, -0.25) is 5.43 Å². The van der Waals surface area contributed by atoms with Crippen molar-refractivity contribution in [2.75, 3.05) is 12.5 Å². The van der Waals surface area contributed by atoms with Gasteiger partial charge in [0.1, 0.15) is 16.9 Å². The first-order valence-corrected chi connectivity index (χ1v) is 7.65. The molecule has 1 N–H and O–H groups in total. The fourth-order valence-corrected chi connectivity index (χ4v) is 3.20. The second-order valence-corrected chi connectivity index (χ2v) is 6.00. The normalized spacial score (nSPS) is 11.2. The van der Waals surface area contributed by atoms with E-state index in [1.165, 1.54) is 10.4 Å². The van der Waals surface area contributed by atoms with Gasteiger partial charge in [0.05, 0.1) is 18.7 Å². The molecule has 3 aromatic rings. The van der Waals surface area contributed by atoms with Gasteiger partial charge in [0.15, 0.2) is 5.82 Å². The Kier molecular flexibility index (Phi) is 4.02. The maximum Gasteiger partial charge on any atom is 0.158 e. The molecule has 0 bridgehead atoms. The van der Waals surface area contributed by atoms with Crippen LogP contribution in [0.25, 0.3) is 10.2 Å². The van der Waals surface area contributed by atoms with E-state index in [0.717, 1.165) is 27.3 Å². The molecule has 0 saturated heterocycles. The molecule has 0 unspecified atom stereocenters. The highest BCUT2D eigenvalue weighted by atomic mass is 32.1. The van der Waals surface area contributed by atoms with E-state index in [-0.39, 0.29) is 0 Å². The molecule has 3 rings (SSSR count). The third kappa shape index (κ3) is 2.65. The van der Waals surface area contributed by atoms with Crippen LogP contribution in [0.1, 0.15) is 16.0 Å². The summed E-state index contributed by atoms with van der Waals surface area (Å²) in [6, 6.07) is 7.71. The molecule has 0 radical (unpaired) electrons. The molecule has 5 nitrogen and oxygen atoms in total. The number of benzene rings is 1. The zero-order chi connectivity index (χ0) is 15.5. The van der Waals surface area contributed by atoms with E-state index in [1.54, 1.807) is 31.0 Å². The van der Waals surface area contributed by atoms with E-state index in [9.17, 15) is 0 Å². The maximum atomic E-state index is 5.30. The third-order valence-electron chi connectivity index (χ3n) is 3.48. The van der Waals surface area contributed by atoms with E-state index < -0.39 is 0 Å². The standard InChI is InChI=1S/C16H16N4OS/c1-10-11(2)22-16-14(10)15(17-9-18-16)20-19-8-12-6-4-5-7-13(12)21-3/h4-9H,1-3H3,(H,17,18,20). The SMILES string of the molecule is COc1ccccc1C=NNc1ncnc2sc(C)c(C)c12. The predicted octanol–water partition coefficient (Wildman–Crippen LogP) is 3.76. The Morgan fingerprint density at radius 2 is 2.05 bits per heavy atom. The summed E-state index contributed by atoms with van der Waals surface area (Å²) in [6.07, 6.45) is 3.28. The molecule has 0 saturated carbocycles. The molecule has 0 aliphatic carbocycles. The lowest BCUT2D eigenvalue weighted by atomic mass is 10.2. The molecule has 0 aliphatic rings. The van der Waals surface area contributed by atoms with Crippen LogP contribution in [0.15, 0.2) is 35.7 Å². The van der Waals surface area contributed by atoms with Gasteiger partial charge >= 0.3 is 0 Å². The number of ether oxygens (including phenoxy) is 1. The highest BCUT2D eigenvalue weighted by Crippen LogP contribution is 2.32. The van der Waals surface area contributed by atoms with Crippen LogP contribution in [0.3, 0.4) is 0 Å². The topological polar surface area (TPSA) is 59.4 Å². The second kappa shape index (κ2) is 6.11. The van der Waals surface area contributed by atoms with Gasteiger partial charge in [0, 0.05) is 10.4 Å². The number of fused-ring (bicyclic) bond motifs is 1. The molecular formula is C16H16N4OS. The Bertz CT molecular complexity index is 841. The lowest BCUT2D eigenvalue weighted by Gasteiger charge is -2.04. The first kappa shape index (κ1) is 14.5.